The van der Waals surface area contributed by atoms with Crippen molar-refractivity contribution in [2.75, 3.05) is 0 Å². The zero-order valence-corrected chi connectivity index (χ0v) is 15.8. The number of hydrogen-bond donors (Lipinski definition) is 1. The first-order valence-corrected chi connectivity index (χ1v) is 9.34. The summed E-state index contributed by atoms with van der Waals surface area (Å²) in [6.45, 7) is 2.24. The number of fused-ring (bicyclic) bond motifs is 2. The van der Waals surface area contributed by atoms with Gasteiger partial charge in [-0.15, -0.1) is 5.10 Å². The van der Waals surface area contributed by atoms with E-state index in [1.165, 1.54) is 10.6 Å². The highest BCUT2D eigenvalue weighted by molar-refractivity contribution is 5.89. The van der Waals surface area contributed by atoms with Crippen molar-refractivity contribution in [2.24, 2.45) is 0 Å². The van der Waals surface area contributed by atoms with Gasteiger partial charge < -0.3 is 9.72 Å². The predicted octanol–water partition coefficient (Wildman–Crippen LogP) is 4.13. The van der Waals surface area contributed by atoms with E-state index in [0.29, 0.717) is 17.3 Å². The maximum absolute atomic E-state index is 12.5. The Bertz CT molecular complexity index is 1390. The topological polar surface area (TPSA) is 72.3 Å². The van der Waals surface area contributed by atoms with Crippen LogP contribution in [-0.2, 0) is 6.61 Å². The zero-order valence-electron chi connectivity index (χ0n) is 15.8. The third-order valence-electron chi connectivity index (χ3n) is 4.87. The van der Waals surface area contributed by atoms with Gasteiger partial charge in [-0.3, -0.25) is 4.79 Å². The van der Waals surface area contributed by atoms with E-state index in [-0.39, 0.29) is 12.2 Å². The van der Waals surface area contributed by atoms with Crippen molar-refractivity contribution in [3.63, 3.8) is 0 Å². The molecule has 6 heteroatoms. The molecule has 0 aliphatic heterocycles. The van der Waals surface area contributed by atoms with Crippen molar-refractivity contribution in [1.29, 1.82) is 0 Å². The summed E-state index contributed by atoms with van der Waals surface area (Å²) in [4.78, 5) is 20.1. The molecule has 0 saturated carbocycles. The van der Waals surface area contributed by atoms with Crippen LogP contribution in [-0.4, -0.2) is 19.6 Å². The van der Waals surface area contributed by atoms with Crippen LogP contribution in [0, 0.1) is 6.92 Å². The number of nitrogens with zero attached hydrogens (tertiary/aromatic N) is 3. The number of nitrogens with one attached hydrogen (secondary N) is 1. The number of aryl methyl sites for hydroxylation is 1. The van der Waals surface area contributed by atoms with Crippen molar-refractivity contribution < 1.29 is 4.74 Å². The smallest absolute Gasteiger partial charge is 0.276 e. The van der Waals surface area contributed by atoms with Crippen LogP contribution >= 0.6 is 0 Å². The molecule has 0 atom stereocenters. The van der Waals surface area contributed by atoms with Crippen LogP contribution in [0.4, 0.5) is 0 Å². The Morgan fingerprint density at radius 2 is 1.79 bits per heavy atom. The maximum atomic E-state index is 12.5. The van der Waals surface area contributed by atoms with E-state index >= 15 is 0 Å². The van der Waals surface area contributed by atoms with E-state index in [2.05, 4.69) is 27.2 Å². The first-order valence-electron chi connectivity index (χ1n) is 9.34. The second kappa shape index (κ2) is 6.91. The fourth-order valence-corrected chi connectivity index (χ4v) is 3.42. The van der Waals surface area contributed by atoms with Crippen LogP contribution in [0.15, 0.2) is 77.6 Å². The monoisotopic (exact) mass is 382 g/mol. The van der Waals surface area contributed by atoms with Gasteiger partial charge in [0.25, 0.3) is 5.56 Å². The van der Waals surface area contributed by atoms with Crippen molar-refractivity contribution in [3.05, 3.63) is 94.4 Å². The summed E-state index contributed by atoms with van der Waals surface area (Å²) in [5.41, 5.74) is 2.29. The van der Waals surface area contributed by atoms with Crippen molar-refractivity contribution in [1.82, 2.24) is 19.6 Å². The highest BCUT2D eigenvalue weighted by atomic mass is 16.5. The quantitative estimate of drug-likeness (QED) is 0.507. The molecular formula is C23H18N4O2. The lowest BCUT2D eigenvalue weighted by atomic mass is 10.1. The van der Waals surface area contributed by atoms with Gasteiger partial charge in [0.2, 0.25) is 5.78 Å². The van der Waals surface area contributed by atoms with E-state index < -0.39 is 0 Å². The molecule has 2 heterocycles. The summed E-state index contributed by atoms with van der Waals surface area (Å²) in [5.74, 6) is 1.71. The van der Waals surface area contributed by atoms with E-state index in [9.17, 15) is 4.79 Å². The molecule has 0 spiro atoms. The Morgan fingerprint density at radius 3 is 2.66 bits per heavy atom. The lowest BCUT2D eigenvalue weighted by Gasteiger charge is -2.12. The highest BCUT2D eigenvalue weighted by Crippen LogP contribution is 2.29. The van der Waals surface area contributed by atoms with Crippen molar-refractivity contribution in [3.8, 4) is 17.1 Å². The van der Waals surface area contributed by atoms with Gasteiger partial charge in [-0.05, 0) is 17.9 Å². The third-order valence-corrected chi connectivity index (χ3v) is 4.87. The second-order valence-corrected chi connectivity index (χ2v) is 6.89. The summed E-state index contributed by atoms with van der Waals surface area (Å²) in [5, 5.41) is 6.48. The number of hydrogen-bond acceptors (Lipinski definition) is 4. The Balaban J connectivity index is 1.49. The van der Waals surface area contributed by atoms with Gasteiger partial charge in [-0.2, -0.15) is 9.50 Å². The maximum Gasteiger partial charge on any atom is 0.276 e. The number of benzene rings is 3. The minimum atomic E-state index is -0.248. The van der Waals surface area contributed by atoms with Crippen molar-refractivity contribution >= 4 is 16.6 Å². The molecule has 0 radical (unpaired) electrons. The Labute approximate surface area is 166 Å². The molecule has 5 aromatic rings. The Kier molecular flexibility index (Phi) is 4.09. The van der Waals surface area contributed by atoms with E-state index in [1.54, 1.807) is 0 Å². The first-order chi connectivity index (χ1) is 14.2. The molecule has 0 amide bonds. The second-order valence-electron chi connectivity index (χ2n) is 6.89. The summed E-state index contributed by atoms with van der Waals surface area (Å²) in [6.07, 6.45) is 0. The summed E-state index contributed by atoms with van der Waals surface area (Å²) < 4.78 is 7.38. The number of H-pyrrole nitrogens is 1. The molecule has 2 aromatic heterocycles. The van der Waals surface area contributed by atoms with E-state index in [1.807, 2.05) is 61.5 Å². The van der Waals surface area contributed by atoms with Crippen molar-refractivity contribution in [2.45, 2.75) is 13.5 Å². The summed E-state index contributed by atoms with van der Waals surface area (Å²) in [6, 6.07) is 23.3. The fraction of sp³-hybridized carbons (Fsp3) is 0.0870. The normalized spacial score (nSPS) is 11.2. The van der Waals surface area contributed by atoms with Gasteiger partial charge in [-0.25, -0.2) is 0 Å². The number of rotatable bonds is 4. The van der Waals surface area contributed by atoms with Gasteiger partial charge in [0.1, 0.15) is 12.4 Å². The molecule has 1 N–H and O–H groups in total. The summed E-state index contributed by atoms with van der Waals surface area (Å²) in [7, 11) is 0. The molecule has 0 saturated heterocycles. The average molecular weight is 382 g/mol. The first kappa shape index (κ1) is 17.2. The molecule has 3 aromatic carbocycles. The molecule has 5 rings (SSSR count). The third kappa shape index (κ3) is 3.14. The van der Waals surface area contributed by atoms with Crippen LogP contribution < -0.4 is 10.3 Å². The summed E-state index contributed by atoms with van der Waals surface area (Å²) >= 11 is 0. The van der Waals surface area contributed by atoms with E-state index in [4.69, 9.17) is 4.74 Å². The lowest BCUT2D eigenvalue weighted by Crippen LogP contribution is -2.16. The molecule has 0 fully saturated rings. The number of aromatic nitrogens is 4. The molecule has 142 valence electrons. The van der Waals surface area contributed by atoms with E-state index in [0.717, 1.165) is 27.6 Å². The van der Waals surface area contributed by atoms with Gasteiger partial charge in [0.15, 0.2) is 5.82 Å². The van der Waals surface area contributed by atoms with Crippen LogP contribution in [0.1, 0.15) is 11.3 Å². The predicted molar refractivity (Wildman–Crippen MR) is 112 cm³/mol. The molecule has 29 heavy (non-hydrogen) atoms. The molecule has 0 aliphatic carbocycles. The average Bonchev–Trinajstić information content (AvgIpc) is 3.19. The zero-order chi connectivity index (χ0) is 19.8. The van der Waals surface area contributed by atoms with Crippen LogP contribution in [0.25, 0.3) is 27.9 Å². The Hall–Kier alpha value is -3.93. The van der Waals surface area contributed by atoms with Crippen LogP contribution in [0.3, 0.4) is 0 Å². The Morgan fingerprint density at radius 1 is 1.00 bits per heavy atom. The van der Waals surface area contributed by atoms with Crippen LogP contribution in [0.2, 0.25) is 0 Å². The molecular weight excluding hydrogens is 364 g/mol. The molecule has 0 aliphatic rings. The fourth-order valence-electron chi connectivity index (χ4n) is 3.42. The number of ether oxygens (including phenoxy) is 1. The SMILES string of the molecule is Cc1ccc2ccccc2c1OCc1cc(=O)n2nc(-c3ccccc3)nc2[nH]1. The van der Waals surface area contributed by atoms with Gasteiger partial charge in [-0.1, -0.05) is 66.7 Å². The number of aromatic amines is 1. The van der Waals surface area contributed by atoms with Crippen LogP contribution in [0.5, 0.6) is 5.75 Å². The molecule has 0 bridgehead atoms. The van der Waals surface area contributed by atoms with Gasteiger partial charge >= 0.3 is 0 Å². The van der Waals surface area contributed by atoms with Gasteiger partial charge in [0.05, 0.1) is 5.69 Å². The van der Waals surface area contributed by atoms with Gasteiger partial charge in [0, 0.05) is 17.0 Å². The minimum Gasteiger partial charge on any atom is -0.486 e. The largest absolute Gasteiger partial charge is 0.486 e. The molecule has 0 unspecified atom stereocenters. The lowest BCUT2D eigenvalue weighted by molar-refractivity contribution is 0.303. The standard InChI is InChI=1S/C23H18N4O2/c1-15-11-12-16-7-5-6-10-19(16)21(15)29-14-18-13-20(28)27-23(24-18)25-22(26-27)17-8-3-2-4-9-17/h2-13H,14H2,1H3,(H,24,25,26). The highest BCUT2D eigenvalue weighted by Gasteiger charge is 2.11. The molecule has 6 nitrogen and oxygen atoms in total. The minimum absolute atomic E-state index is 0.230.